The van der Waals surface area contributed by atoms with E-state index in [-0.39, 0.29) is 11.4 Å². The molecule has 0 aliphatic heterocycles. The minimum Gasteiger partial charge on any atom is -0.468 e. The predicted molar refractivity (Wildman–Crippen MR) is 77.4 cm³/mol. The summed E-state index contributed by atoms with van der Waals surface area (Å²) in [5, 5.41) is 0. The third-order valence-corrected chi connectivity index (χ3v) is 4.66. The first-order chi connectivity index (χ1) is 8.76. The topological polar surface area (TPSA) is 26.3 Å². The number of rotatable bonds is 3. The second-order valence-corrected chi connectivity index (χ2v) is 6.69. The van der Waals surface area contributed by atoms with Gasteiger partial charge in [-0.1, -0.05) is 45.9 Å². The molecule has 0 bridgehead atoms. The minimum atomic E-state index is -0.448. The van der Waals surface area contributed by atoms with E-state index in [0.29, 0.717) is 5.92 Å². The number of aryl methyl sites for hydroxylation is 1. The van der Waals surface area contributed by atoms with E-state index in [0.717, 1.165) is 12.0 Å². The molecular weight excluding hydrogens is 236 g/mol. The summed E-state index contributed by atoms with van der Waals surface area (Å²) in [5.74, 6) is 0.373. The largest absolute Gasteiger partial charge is 0.468 e. The highest BCUT2D eigenvalue weighted by Crippen LogP contribution is 2.65. The predicted octanol–water partition coefficient (Wildman–Crippen LogP) is 3.96. The smallest absolute Gasteiger partial charge is 0.316 e. The normalized spacial score (nSPS) is 24.4. The molecule has 1 atom stereocenters. The van der Waals surface area contributed by atoms with Crippen molar-refractivity contribution in [1.29, 1.82) is 0 Å². The van der Waals surface area contributed by atoms with Gasteiger partial charge in [0.05, 0.1) is 12.5 Å². The van der Waals surface area contributed by atoms with Gasteiger partial charge in [-0.05, 0) is 41.4 Å². The number of carbonyl (C=O) groups is 1. The number of hydrogen-bond acceptors (Lipinski definition) is 2. The maximum Gasteiger partial charge on any atom is 0.316 e. The van der Waals surface area contributed by atoms with Crippen molar-refractivity contribution in [3.05, 3.63) is 34.9 Å². The molecule has 2 heteroatoms. The monoisotopic (exact) mass is 260 g/mol. The zero-order valence-electron chi connectivity index (χ0n) is 12.8. The van der Waals surface area contributed by atoms with Crippen molar-refractivity contribution < 1.29 is 9.53 Å². The van der Waals surface area contributed by atoms with E-state index < -0.39 is 5.41 Å². The van der Waals surface area contributed by atoms with Gasteiger partial charge < -0.3 is 4.74 Å². The van der Waals surface area contributed by atoms with E-state index in [1.54, 1.807) is 0 Å². The van der Waals surface area contributed by atoms with Crippen LogP contribution in [-0.4, -0.2) is 13.1 Å². The van der Waals surface area contributed by atoms with Gasteiger partial charge in [0.25, 0.3) is 0 Å². The molecule has 1 aliphatic carbocycles. The van der Waals surface area contributed by atoms with Crippen LogP contribution in [0.5, 0.6) is 0 Å². The van der Waals surface area contributed by atoms with Crippen LogP contribution in [0.3, 0.4) is 0 Å². The van der Waals surface area contributed by atoms with E-state index >= 15 is 0 Å². The maximum atomic E-state index is 12.3. The van der Waals surface area contributed by atoms with Crippen LogP contribution in [0.2, 0.25) is 0 Å². The van der Waals surface area contributed by atoms with Crippen LogP contribution >= 0.6 is 0 Å². The summed E-state index contributed by atoms with van der Waals surface area (Å²) in [4.78, 5) is 12.3. The van der Waals surface area contributed by atoms with Crippen LogP contribution in [0.4, 0.5) is 0 Å². The quantitative estimate of drug-likeness (QED) is 0.769. The molecule has 0 amide bonds. The van der Waals surface area contributed by atoms with Crippen molar-refractivity contribution in [1.82, 2.24) is 0 Å². The van der Waals surface area contributed by atoms with Crippen LogP contribution in [0.25, 0.3) is 0 Å². The van der Waals surface area contributed by atoms with Crippen molar-refractivity contribution in [3.63, 3.8) is 0 Å². The lowest BCUT2D eigenvalue weighted by Gasteiger charge is -2.22. The Morgan fingerprint density at radius 1 is 1.32 bits per heavy atom. The van der Waals surface area contributed by atoms with Crippen LogP contribution in [0, 0.1) is 12.3 Å². The average molecular weight is 260 g/mol. The third kappa shape index (κ3) is 1.98. The van der Waals surface area contributed by atoms with Gasteiger partial charge in [0.2, 0.25) is 0 Å². The van der Waals surface area contributed by atoms with Crippen molar-refractivity contribution >= 4 is 5.97 Å². The molecule has 0 aromatic heterocycles. The zero-order chi connectivity index (χ0) is 14.4. The Balaban J connectivity index is 2.56. The fourth-order valence-electron chi connectivity index (χ4n) is 3.17. The van der Waals surface area contributed by atoms with Gasteiger partial charge in [-0.2, -0.15) is 0 Å². The average Bonchev–Trinajstić information content (AvgIpc) is 2.92. The molecule has 0 N–H and O–H groups in total. The summed E-state index contributed by atoms with van der Waals surface area (Å²) in [6.45, 7) is 10.7. The van der Waals surface area contributed by atoms with Gasteiger partial charge in [-0.3, -0.25) is 4.79 Å². The highest BCUT2D eigenvalue weighted by Gasteiger charge is 2.68. The maximum absolute atomic E-state index is 12.3. The van der Waals surface area contributed by atoms with Crippen molar-refractivity contribution in [2.45, 2.75) is 52.4 Å². The molecule has 2 nitrogen and oxygen atoms in total. The number of ether oxygens (including phenoxy) is 1. The molecular formula is C17H24O2. The molecule has 19 heavy (non-hydrogen) atoms. The molecule has 1 aliphatic rings. The van der Waals surface area contributed by atoms with E-state index in [1.165, 1.54) is 18.2 Å². The molecule has 1 unspecified atom stereocenters. The Bertz CT molecular complexity index is 514. The Labute approximate surface area is 116 Å². The Morgan fingerprint density at radius 3 is 2.32 bits per heavy atom. The molecule has 0 heterocycles. The molecule has 1 aromatic rings. The first-order valence-electron chi connectivity index (χ1n) is 6.96. The van der Waals surface area contributed by atoms with Crippen molar-refractivity contribution in [3.8, 4) is 0 Å². The zero-order valence-corrected chi connectivity index (χ0v) is 12.8. The lowest BCUT2D eigenvalue weighted by Crippen LogP contribution is -2.28. The van der Waals surface area contributed by atoms with Gasteiger partial charge in [-0.15, -0.1) is 0 Å². The lowest BCUT2D eigenvalue weighted by molar-refractivity contribution is -0.144. The van der Waals surface area contributed by atoms with Gasteiger partial charge in [0.15, 0.2) is 0 Å². The fraction of sp³-hybridized carbons (Fsp3) is 0.588. The molecule has 104 valence electrons. The van der Waals surface area contributed by atoms with Crippen LogP contribution in [0.15, 0.2) is 18.2 Å². The minimum absolute atomic E-state index is 0.0134. The number of hydrogen-bond donors (Lipinski definition) is 0. The molecule has 0 spiro atoms. The van der Waals surface area contributed by atoms with Gasteiger partial charge in [0.1, 0.15) is 0 Å². The molecule has 2 rings (SSSR count). The van der Waals surface area contributed by atoms with Crippen LogP contribution in [0.1, 0.15) is 56.7 Å². The Kier molecular flexibility index (Phi) is 3.24. The number of methoxy groups -OCH3 is 1. The third-order valence-electron chi connectivity index (χ3n) is 4.66. The number of carbonyl (C=O) groups excluding carboxylic acids is 1. The summed E-state index contributed by atoms with van der Waals surface area (Å²) in [6, 6.07) is 6.49. The van der Waals surface area contributed by atoms with E-state index in [2.05, 4.69) is 52.8 Å². The fourth-order valence-corrected chi connectivity index (χ4v) is 3.17. The van der Waals surface area contributed by atoms with Gasteiger partial charge in [-0.25, -0.2) is 0 Å². The summed E-state index contributed by atoms with van der Waals surface area (Å²) in [6.07, 6.45) is 0.870. The molecule has 1 fully saturated rings. The highest BCUT2D eigenvalue weighted by molar-refractivity contribution is 5.89. The summed E-state index contributed by atoms with van der Waals surface area (Å²) in [7, 11) is 1.49. The number of esters is 1. The first-order valence-corrected chi connectivity index (χ1v) is 6.96. The summed E-state index contributed by atoms with van der Waals surface area (Å²) in [5.41, 5.74) is 3.15. The first kappa shape index (κ1) is 14.1. The number of benzene rings is 1. The SMILES string of the molecule is COC(=O)C1(c2cc(C(C)C)ccc2C)CC1(C)C. The van der Waals surface area contributed by atoms with E-state index in [4.69, 9.17) is 4.74 Å². The van der Waals surface area contributed by atoms with Crippen LogP contribution < -0.4 is 0 Å². The van der Waals surface area contributed by atoms with Crippen molar-refractivity contribution in [2.75, 3.05) is 7.11 Å². The molecule has 1 saturated carbocycles. The van der Waals surface area contributed by atoms with Crippen LogP contribution in [-0.2, 0) is 14.9 Å². The standard InChI is InChI=1S/C17H24O2/c1-11(2)13-8-7-12(3)14(9-13)17(15(18)19-6)10-16(17,4)5/h7-9,11H,10H2,1-6H3. The second-order valence-electron chi connectivity index (χ2n) is 6.69. The Morgan fingerprint density at radius 2 is 1.89 bits per heavy atom. The highest BCUT2D eigenvalue weighted by atomic mass is 16.5. The second kappa shape index (κ2) is 4.36. The van der Waals surface area contributed by atoms with E-state index in [9.17, 15) is 4.79 Å². The molecule has 0 radical (unpaired) electrons. The van der Waals surface area contributed by atoms with Gasteiger partial charge >= 0.3 is 5.97 Å². The summed E-state index contributed by atoms with van der Waals surface area (Å²) < 4.78 is 5.08. The van der Waals surface area contributed by atoms with Crippen molar-refractivity contribution in [2.24, 2.45) is 5.41 Å². The summed E-state index contributed by atoms with van der Waals surface area (Å²) >= 11 is 0. The Hall–Kier alpha value is -1.31. The molecule has 1 aromatic carbocycles. The van der Waals surface area contributed by atoms with Gasteiger partial charge in [0, 0.05) is 0 Å². The lowest BCUT2D eigenvalue weighted by atomic mass is 9.83. The molecule has 0 saturated heterocycles. The van der Waals surface area contributed by atoms with E-state index in [1.807, 2.05) is 0 Å².